The lowest BCUT2D eigenvalue weighted by atomic mass is 10.1. The van der Waals surface area contributed by atoms with E-state index in [0.29, 0.717) is 6.04 Å². The van der Waals surface area contributed by atoms with Gasteiger partial charge in [-0.25, -0.2) is 0 Å². The second kappa shape index (κ2) is 8.02. The fourth-order valence-corrected chi connectivity index (χ4v) is 1.14. The van der Waals surface area contributed by atoms with Crippen LogP contribution in [0.25, 0.3) is 0 Å². The Balaban J connectivity index is 3.07. The minimum absolute atomic E-state index is 0.266. The Labute approximate surface area is 70.0 Å². The van der Waals surface area contributed by atoms with Crippen molar-refractivity contribution in [2.45, 2.75) is 45.1 Å². The zero-order valence-electron chi connectivity index (χ0n) is 7.77. The third kappa shape index (κ3) is 6.32. The molecule has 2 nitrogen and oxygen atoms in total. The molecular weight excluding hydrogens is 138 g/mol. The maximum atomic E-state index is 8.82. The van der Waals surface area contributed by atoms with Crippen LogP contribution in [-0.2, 0) is 0 Å². The summed E-state index contributed by atoms with van der Waals surface area (Å²) in [5, 5.41) is 11.9. The monoisotopic (exact) mass is 159 g/mol. The maximum absolute atomic E-state index is 8.82. The summed E-state index contributed by atoms with van der Waals surface area (Å²) in [4.78, 5) is 0. The average molecular weight is 159 g/mol. The van der Waals surface area contributed by atoms with Crippen LogP contribution in [0.1, 0.15) is 39.0 Å². The Kier molecular flexibility index (Phi) is 7.96. The highest BCUT2D eigenvalue weighted by Crippen LogP contribution is 2.04. The number of likely N-dealkylation sites (N-methyl/N-ethyl adjacent to an activating group) is 1. The molecule has 0 aromatic heterocycles. The summed E-state index contributed by atoms with van der Waals surface area (Å²) < 4.78 is 0. The van der Waals surface area contributed by atoms with Crippen molar-refractivity contribution < 1.29 is 5.11 Å². The molecular formula is C9H21NO. The first-order chi connectivity index (χ1) is 5.35. The van der Waals surface area contributed by atoms with Gasteiger partial charge in [0, 0.05) is 6.04 Å². The van der Waals surface area contributed by atoms with Gasteiger partial charge in [0.25, 0.3) is 0 Å². The summed E-state index contributed by atoms with van der Waals surface area (Å²) in [6.07, 6.45) is 6.24. The zero-order chi connectivity index (χ0) is 8.53. The van der Waals surface area contributed by atoms with E-state index >= 15 is 0 Å². The van der Waals surface area contributed by atoms with Crippen molar-refractivity contribution in [2.24, 2.45) is 0 Å². The summed E-state index contributed by atoms with van der Waals surface area (Å²) in [6, 6.07) is 0.312. The molecule has 0 heterocycles. The van der Waals surface area contributed by atoms with Gasteiger partial charge in [0.1, 0.15) is 0 Å². The van der Waals surface area contributed by atoms with Gasteiger partial charge >= 0.3 is 0 Å². The highest BCUT2D eigenvalue weighted by Gasteiger charge is 2.01. The molecule has 1 unspecified atom stereocenters. The van der Waals surface area contributed by atoms with E-state index in [0.717, 1.165) is 6.42 Å². The molecule has 11 heavy (non-hydrogen) atoms. The normalized spacial score (nSPS) is 13.4. The molecule has 2 heteroatoms. The zero-order valence-corrected chi connectivity index (χ0v) is 7.77. The van der Waals surface area contributed by atoms with Crippen LogP contribution in [0.5, 0.6) is 0 Å². The minimum Gasteiger partial charge on any atom is -0.395 e. The van der Waals surface area contributed by atoms with Crippen LogP contribution in [0, 0.1) is 0 Å². The molecule has 68 valence electrons. The molecule has 0 spiro atoms. The molecule has 0 aliphatic rings. The molecule has 0 rings (SSSR count). The molecule has 0 saturated heterocycles. The Bertz CT molecular complexity index is 72.0. The molecule has 0 aliphatic carbocycles. The van der Waals surface area contributed by atoms with E-state index in [4.69, 9.17) is 5.11 Å². The van der Waals surface area contributed by atoms with Crippen molar-refractivity contribution in [3.8, 4) is 0 Å². The first-order valence-electron chi connectivity index (χ1n) is 4.63. The number of hydrogen-bond donors (Lipinski definition) is 2. The van der Waals surface area contributed by atoms with Gasteiger partial charge in [-0.3, -0.25) is 0 Å². The lowest BCUT2D eigenvalue weighted by Gasteiger charge is -2.11. The van der Waals surface area contributed by atoms with Gasteiger partial charge in [0.05, 0.1) is 6.61 Å². The van der Waals surface area contributed by atoms with Crippen LogP contribution in [0.3, 0.4) is 0 Å². The molecule has 0 radical (unpaired) electrons. The average Bonchev–Trinajstić information content (AvgIpc) is 2.05. The van der Waals surface area contributed by atoms with Gasteiger partial charge in [0.2, 0.25) is 0 Å². The van der Waals surface area contributed by atoms with Crippen LogP contribution in [-0.4, -0.2) is 24.8 Å². The molecule has 0 bridgehead atoms. The lowest BCUT2D eigenvalue weighted by molar-refractivity contribution is 0.239. The Morgan fingerprint density at radius 2 is 2.00 bits per heavy atom. The number of rotatable bonds is 7. The fourth-order valence-electron chi connectivity index (χ4n) is 1.14. The number of hydrogen-bond acceptors (Lipinski definition) is 2. The minimum atomic E-state index is 0.266. The van der Waals surface area contributed by atoms with Gasteiger partial charge in [-0.15, -0.1) is 0 Å². The quantitative estimate of drug-likeness (QED) is 0.552. The Morgan fingerprint density at radius 1 is 1.27 bits per heavy atom. The van der Waals surface area contributed by atoms with Gasteiger partial charge < -0.3 is 10.4 Å². The standard InChI is InChI=1S/C9H21NO/c1-3-4-5-6-7-9(8-11)10-2/h9-11H,3-8H2,1-2H3. The summed E-state index contributed by atoms with van der Waals surface area (Å²) in [5.41, 5.74) is 0. The van der Waals surface area contributed by atoms with E-state index in [1.165, 1.54) is 25.7 Å². The van der Waals surface area contributed by atoms with E-state index in [9.17, 15) is 0 Å². The number of unbranched alkanes of at least 4 members (excludes halogenated alkanes) is 3. The first kappa shape index (κ1) is 10.9. The van der Waals surface area contributed by atoms with Crippen LogP contribution in [0.2, 0.25) is 0 Å². The molecule has 2 N–H and O–H groups in total. The molecule has 0 aromatic carbocycles. The van der Waals surface area contributed by atoms with Crippen LogP contribution < -0.4 is 5.32 Å². The highest BCUT2D eigenvalue weighted by atomic mass is 16.3. The van der Waals surface area contributed by atoms with Crippen molar-refractivity contribution in [3.63, 3.8) is 0 Å². The van der Waals surface area contributed by atoms with Gasteiger partial charge in [-0.2, -0.15) is 0 Å². The van der Waals surface area contributed by atoms with E-state index in [1.54, 1.807) is 0 Å². The Hall–Kier alpha value is -0.0800. The largest absolute Gasteiger partial charge is 0.395 e. The summed E-state index contributed by atoms with van der Waals surface area (Å²) >= 11 is 0. The maximum Gasteiger partial charge on any atom is 0.0584 e. The molecule has 0 fully saturated rings. The van der Waals surface area contributed by atoms with Crippen LogP contribution >= 0.6 is 0 Å². The summed E-state index contributed by atoms with van der Waals surface area (Å²) in [7, 11) is 1.90. The van der Waals surface area contributed by atoms with Crippen LogP contribution in [0.4, 0.5) is 0 Å². The molecule has 1 atom stereocenters. The molecule has 0 saturated carbocycles. The summed E-state index contributed by atoms with van der Waals surface area (Å²) in [5.74, 6) is 0. The highest BCUT2D eigenvalue weighted by molar-refractivity contribution is 4.61. The van der Waals surface area contributed by atoms with Crippen molar-refractivity contribution in [2.75, 3.05) is 13.7 Å². The lowest BCUT2D eigenvalue weighted by Crippen LogP contribution is -2.28. The number of aliphatic hydroxyl groups excluding tert-OH is 1. The SMILES string of the molecule is CCCCCCC(CO)NC. The molecule has 0 amide bonds. The number of aliphatic hydroxyl groups is 1. The number of nitrogens with one attached hydrogen (secondary N) is 1. The predicted octanol–water partition coefficient (Wildman–Crippen LogP) is 1.54. The van der Waals surface area contributed by atoms with Gasteiger partial charge in [-0.05, 0) is 13.5 Å². The third-order valence-corrected chi connectivity index (χ3v) is 2.03. The summed E-state index contributed by atoms with van der Waals surface area (Å²) in [6.45, 7) is 2.48. The van der Waals surface area contributed by atoms with Gasteiger partial charge in [-0.1, -0.05) is 32.6 Å². The molecule has 0 aromatic rings. The van der Waals surface area contributed by atoms with E-state index in [-0.39, 0.29) is 6.61 Å². The first-order valence-corrected chi connectivity index (χ1v) is 4.63. The fraction of sp³-hybridized carbons (Fsp3) is 1.00. The predicted molar refractivity (Wildman–Crippen MR) is 48.7 cm³/mol. The topological polar surface area (TPSA) is 32.3 Å². The second-order valence-electron chi connectivity index (χ2n) is 3.02. The Morgan fingerprint density at radius 3 is 2.45 bits per heavy atom. The van der Waals surface area contributed by atoms with Crippen molar-refractivity contribution in [1.29, 1.82) is 0 Å². The van der Waals surface area contributed by atoms with Gasteiger partial charge in [0.15, 0.2) is 0 Å². The van der Waals surface area contributed by atoms with E-state index in [2.05, 4.69) is 12.2 Å². The van der Waals surface area contributed by atoms with E-state index < -0.39 is 0 Å². The molecule has 0 aliphatic heterocycles. The van der Waals surface area contributed by atoms with Crippen LogP contribution in [0.15, 0.2) is 0 Å². The van der Waals surface area contributed by atoms with Crippen molar-refractivity contribution in [3.05, 3.63) is 0 Å². The third-order valence-electron chi connectivity index (χ3n) is 2.03. The second-order valence-corrected chi connectivity index (χ2v) is 3.02. The van der Waals surface area contributed by atoms with Crippen molar-refractivity contribution >= 4 is 0 Å². The smallest absolute Gasteiger partial charge is 0.0584 e. The van der Waals surface area contributed by atoms with E-state index in [1.807, 2.05) is 7.05 Å². The van der Waals surface area contributed by atoms with Crippen molar-refractivity contribution in [1.82, 2.24) is 5.32 Å².